The third kappa shape index (κ3) is 5.46. The van der Waals surface area contributed by atoms with E-state index in [1.165, 1.54) is 30.5 Å². The van der Waals surface area contributed by atoms with E-state index in [0.29, 0.717) is 35.8 Å². The average molecular weight is 461 g/mol. The van der Waals surface area contributed by atoms with Gasteiger partial charge in [-0.2, -0.15) is 4.31 Å². The summed E-state index contributed by atoms with van der Waals surface area (Å²) in [5, 5.41) is 2.72. The molecular formula is C23H28N2O6S. The molecule has 0 radical (unpaired) electrons. The van der Waals surface area contributed by atoms with E-state index < -0.39 is 22.0 Å². The second-order valence-electron chi connectivity index (χ2n) is 7.66. The van der Waals surface area contributed by atoms with E-state index in [1.54, 1.807) is 37.3 Å². The number of benzene rings is 2. The number of ether oxygens (including phenoxy) is 2. The number of carbonyl (C=O) groups excluding carboxylic acids is 2. The maximum Gasteiger partial charge on any atom is 0.265 e. The molecule has 2 aromatic carbocycles. The van der Waals surface area contributed by atoms with E-state index in [4.69, 9.17) is 9.47 Å². The summed E-state index contributed by atoms with van der Waals surface area (Å²) < 4.78 is 38.0. The Kier molecular flexibility index (Phi) is 7.52. The Morgan fingerprint density at radius 2 is 1.66 bits per heavy atom. The van der Waals surface area contributed by atoms with E-state index in [-0.39, 0.29) is 10.7 Å². The second-order valence-corrected chi connectivity index (χ2v) is 9.60. The Morgan fingerprint density at radius 3 is 2.25 bits per heavy atom. The van der Waals surface area contributed by atoms with Crippen LogP contribution in [0.15, 0.2) is 47.4 Å². The number of amides is 1. The minimum atomic E-state index is -3.52. The second kappa shape index (κ2) is 10.1. The molecule has 0 spiro atoms. The number of sulfonamides is 1. The van der Waals surface area contributed by atoms with Crippen LogP contribution in [0.25, 0.3) is 0 Å². The van der Waals surface area contributed by atoms with E-state index in [1.807, 2.05) is 0 Å². The SMILES string of the molecule is COc1cc(C(C)=O)ccc1O[C@@H](C)C(=O)Nc1ccc(S(=O)(=O)N2CCCCC2)cc1. The Bertz CT molecular complexity index is 1080. The number of carbonyl (C=O) groups is 2. The van der Waals surface area contributed by atoms with Gasteiger partial charge in [0.1, 0.15) is 0 Å². The lowest BCUT2D eigenvalue weighted by molar-refractivity contribution is -0.122. The quantitative estimate of drug-likeness (QED) is 0.605. The first-order valence-electron chi connectivity index (χ1n) is 10.5. The number of methoxy groups -OCH3 is 1. The molecule has 1 N–H and O–H groups in total. The molecule has 172 valence electrons. The smallest absolute Gasteiger partial charge is 0.265 e. The molecule has 1 atom stereocenters. The van der Waals surface area contributed by atoms with Crippen LogP contribution in [0.5, 0.6) is 11.5 Å². The number of piperidine rings is 1. The van der Waals surface area contributed by atoms with Crippen LogP contribution in [0.1, 0.15) is 43.5 Å². The topological polar surface area (TPSA) is 102 Å². The van der Waals surface area contributed by atoms with Gasteiger partial charge in [-0.3, -0.25) is 9.59 Å². The van der Waals surface area contributed by atoms with Crippen molar-refractivity contribution in [1.29, 1.82) is 0 Å². The number of Topliss-reactive ketones (excluding diaryl/α,β-unsaturated/α-hetero) is 1. The number of hydrogen-bond donors (Lipinski definition) is 1. The summed E-state index contributed by atoms with van der Waals surface area (Å²) in [6.07, 6.45) is 1.93. The molecule has 1 amide bonds. The van der Waals surface area contributed by atoms with Gasteiger partial charge in [-0.15, -0.1) is 0 Å². The minimum Gasteiger partial charge on any atom is -0.493 e. The first-order chi connectivity index (χ1) is 15.2. The Morgan fingerprint density at radius 1 is 1.00 bits per heavy atom. The molecular weight excluding hydrogens is 432 g/mol. The molecule has 0 bridgehead atoms. The van der Waals surface area contributed by atoms with Gasteiger partial charge in [0.15, 0.2) is 23.4 Å². The summed E-state index contributed by atoms with van der Waals surface area (Å²) in [6, 6.07) is 10.9. The normalized spacial score (nSPS) is 15.6. The highest BCUT2D eigenvalue weighted by Gasteiger charge is 2.26. The molecule has 9 heteroatoms. The van der Waals surface area contributed by atoms with E-state index in [9.17, 15) is 18.0 Å². The monoisotopic (exact) mass is 460 g/mol. The highest BCUT2D eigenvalue weighted by Crippen LogP contribution is 2.29. The fraction of sp³-hybridized carbons (Fsp3) is 0.391. The van der Waals surface area contributed by atoms with E-state index in [2.05, 4.69) is 5.32 Å². The Balaban J connectivity index is 1.65. The summed E-state index contributed by atoms with van der Waals surface area (Å²) >= 11 is 0. The van der Waals surface area contributed by atoms with Gasteiger partial charge in [-0.25, -0.2) is 8.42 Å². The molecule has 3 rings (SSSR count). The fourth-order valence-electron chi connectivity index (χ4n) is 3.44. The number of anilines is 1. The van der Waals surface area contributed by atoms with Crippen molar-refractivity contribution in [3.8, 4) is 11.5 Å². The van der Waals surface area contributed by atoms with Crippen molar-refractivity contribution in [3.05, 3.63) is 48.0 Å². The number of hydrogen-bond acceptors (Lipinski definition) is 6. The number of nitrogens with one attached hydrogen (secondary N) is 1. The predicted octanol–water partition coefficient (Wildman–Crippen LogP) is 3.48. The largest absolute Gasteiger partial charge is 0.493 e. The zero-order valence-corrected chi connectivity index (χ0v) is 19.3. The average Bonchev–Trinajstić information content (AvgIpc) is 2.80. The number of ketones is 1. The Labute approximate surface area is 188 Å². The number of nitrogens with zero attached hydrogens (tertiary/aromatic N) is 1. The van der Waals surface area contributed by atoms with Crippen molar-refractivity contribution >= 4 is 27.4 Å². The minimum absolute atomic E-state index is 0.105. The highest BCUT2D eigenvalue weighted by molar-refractivity contribution is 7.89. The molecule has 32 heavy (non-hydrogen) atoms. The molecule has 8 nitrogen and oxygen atoms in total. The van der Waals surface area contributed by atoms with Crippen molar-refractivity contribution in [2.75, 3.05) is 25.5 Å². The third-order valence-electron chi connectivity index (χ3n) is 5.32. The van der Waals surface area contributed by atoms with Gasteiger partial charge in [-0.05, 0) is 69.2 Å². The van der Waals surface area contributed by atoms with Crippen LogP contribution in [-0.4, -0.2) is 50.7 Å². The van der Waals surface area contributed by atoms with Crippen LogP contribution in [0.2, 0.25) is 0 Å². The van der Waals surface area contributed by atoms with Gasteiger partial charge < -0.3 is 14.8 Å². The zero-order valence-electron chi connectivity index (χ0n) is 18.5. The van der Waals surface area contributed by atoms with Crippen LogP contribution < -0.4 is 14.8 Å². The highest BCUT2D eigenvalue weighted by atomic mass is 32.2. The lowest BCUT2D eigenvalue weighted by Crippen LogP contribution is -2.35. The van der Waals surface area contributed by atoms with Gasteiger partial charge in [0.25, 0.3) is 5.91 Å². The van der Waals surface area contributed by atoms with Gasteiger partial charge in [-0.1, -0.05) is 6.42 Å². The molecule has 0 aromatic heterocycles. The summed E-state index contributed by atoms with van der Waals surface area (Å²) in [5.41, 5.74) is 0.938. The molecule has 1 fully saturated rings. The van der Waals surface area contributed by atoms with E-state index in [0.717, 1.165) is 19.3 Å². The molecule has 1 heterocycles. The first kappa shape index (κ1) is 23.7. The maximum atomic E-state index is 12.7. The molecule has 1 saturated heterocycles. The molecule has 0 unspecified atom stereocenters. The van der Waals surface area contributed by atoms with Gasteiger partial charge >= 0.3 is 0 Å². The molecule has 1 aliphatic rings. The number of rotatable bonds is 8. The standard InChI is InChI=1S/C23H28N2O6S/c1-16(26)18-7-12-21(22(15-18)30-3)31-17(2)23(27)24-19-8-10-20(11-9-19)32(28,29)25-13-5-4-6-14-25/h7-12,15,17H,4-6,13-14H2,1-3H3,(H,24,27)/t17-/m0/s1. The van der Waals surface area contributed by atoms with Crippen molar-refractivity contribution in [2.45, 2.75) is 44.1 Å². The predicted molar refractivity (Wildman–Crippen MR) is 121 cm³/mol. The fourth-order valence-corrected chi connectivity index (χ4v) is 4.95. The van der Waals surface area contributed by atoms with E-state index >= 15 is 0 Å². The van der Waals surface area contributed by atoms with Crippen molar-refractivity contribution < 1.29 is 27.5 Å². The summed E-state index contributed by atoms with van der Waals surface area (Å²) in [5.74, 6) is 0.175. The van der Waals surface area contributed by atoms with Crippen molar-refractivity contribution in [2.24, 2.45) is 0 Å². The maximum absolute atomic E-state index is 12.7. The van der Waals surface area contributed by atoms with Gasteiger partial charge in [0, 0.05) is 24.3 Å². The molecule has 1 aliphatic heterocycles. The van der Waals surface area contributed by atoms with Crippen molar-refractivity contribution in [1.82, 2.24) is 4.31 Å². The molecule has 0 aliphatic carbocycles. The Hall–Kier alpha value is -2.91. The van der Waals surface area contributed by atoms with Gasteiger partial charge in [0.05, 0.1) is 12.0 Å². The van der Waals surface area contributed by atoms with Crippen LogP contribution in [0, 0.1) is 0 Å². The van der Waals surface area contributed by atoms with Crippen LogP contribution >= 0.6 is 0 Å². The van der Waals surface area contributed by atoms with Crippen molar-refractivity contribution in [3.63, 3.8) is 0 Å². The van der Waals surface area contributed by atoms with Crippen LogP contribution in [0.3, 0.4) is 0 Å². The summed E-state index contributed by atoms with van der Waals surface area (Å²) in [7, 11) is -2.07. The van der Waals surface area contributed by atoms with Crippen LogP contribution in [-0.2, 0) is 14.8 Å². The third-order valence-corrected chi connectivity index (χ3v) is 7.23. The molecule has 0 saturated carbocycles. The summed E-state index contributed by atoms with van der Waals surface area (Å²) in [6.45, 7) is 4.11. The first-order valence-corrected chi connectivity index (χ1v) is 11.9. The molecule has 2 aromatic rings. The lowest BCUT2D eigenvalue weighted by Gasteiger charge is -2.25. The zero-order chi connectivity index (χ0) is 23.3. The van der Waals surface area contributed by atoms with Gasteiger partial charge in [0.2, 0.25) is 10.0 Å². The summed E-state index contributed by atoms with van der Waals surface area (Å²) in [4.78, 5) is 24.3. The van der Waals surface area contributed by atoms with Crippen LogP contribution in [0.4, 0.5) is 5.69 Å². The lowest BCUT2D eigenvalue weighted by atomic mass is 10.1.